The number of pyridine rings is 1. The van der Waals surface area contributed by atoms with Crippen LogP contribution in [0.25, 0.3) is 49.6 Å². The molecule has 0 amide bonds. The van der Waals surface area contributed by atoms with Crippen molar-refractivity contribution in [1.82, 2.24) is 9.55 Å². The van der Waals surface area contributed by atoms with Crippen molar-refractivity contribution in [1.29, 1.82) is 0 Å². The molecule has 6 heteroatoms. The second-order valence-electron chi connectivity index (χ2n) is 7.78. The summed E-state index contributed by atoms with van der Waals surface area (Å²) in [4.78, 5) is 14.7. The summed E-state index contributed by atoms with van der Waals surface area (Å²) in [5.74, 6) is -0.0625. The third-order valence-corrected chi connectivity index (χ3v) is 5.37. The van der Waals surface area contributed by atoms with E-state index in [0.717, 1.165) is 49.6 Å². The zero-order valence-electron chi connectivity index (χ0n) is 18.6. The van der Waals surface area contributed by atoms with Gasteiger partial charge in [0.2, 0.25) is 0 Å². The van der Waals surface area contributed by atoms with Crippen LogP contribution in [-0.2, 0) is 24.9 Å². The molecule has 3 heterocycles. The summed E-state index contributed by atoms with van der Waals surface area (Å²) in [6.45, 7) is 2.85. The minimum absolute atomic E-state index is 0. The fourth-order valence-corrected chi connectivity index (χ4v) is 4.20. The van der Waals surface area contributed by atoms with E-state index < -0.39 is 0 Å². The Morgan fingerprint density at radius 2 is 1.68 bits per heavy atom. The Hall–Kier alpha value is -3.73. The molecule has 171 valence electrons. The van der Waals surface area contributed by atoms with Crippen molar-refractivity contribution in [2.24, 2.45) is 0 Å². The molecule has 0 aliphatic carbocycles. The summed E-state index contributed by atoms with van der Waals surface area (Å²) in [6.07, 6.45) is 2.97. The quantitative estimate of drug-likeness (QED) is 0.129. The Bertz CT molecular complexity index is 1660. The fraction of sp³-hybridized carbons (Fsp3) is 0.0714. The molecule has 0 saturated carbocycles. The van der Waals surface area contributed by atoms with Crippen LogP contribution < -0.4 is 0 Å². The van der Waals surface area contributed by atoms with E-state index in [1.165, 1.54) is 19.9 Å². The number of benzene rings is 3. The van der Waals surface area contributed by atoms with E-state index in [1.807, 2.05) is 42.6 Å². The Kier molecular flexibility index (Phi) is 6.64. The summed E-state index contributed by atoms with van der Waals surface area (Å²) in [6, 6.07) is 28.0. The molecule has 0 unspecified atom stereocenters. The number of carbonyl (C=O) groups excluding carboxylic acids is 1. The Balaban J connectivity index is 0.000000303. The third-order valence-electron chi connectivity index (χ3n) is 5.37. The standard InChI is InChI=1S/C23H13N2O.C5H8O2.Ir/c1-2-7-15(8-3-1)25-17-10-5-4-9-16(17)23-22-20(13-14-24-23)26-19-12-6-11-18(25)21(19)22;1-4(6)3-5(2)7;/h1-8,10-14H;3,6H,1-2H3;/q-1;;/b;4-3-;. The number of rotatable bonds is 2. The first-order valence-electron chi connectivity index (χ1n) is 10.6. The number of hydrogen-bond donors (Lipinski definition) is 1. The molecule has 0 saturated heterocycles. The molecule has 0 bridgehead atoms. The Morgan fingerprint density at radius 1 is 0.941 bits per heavy atom. The number of para-hydroxylation sites is 1. The average Bonchev–Trinajstić information content (AvgIpc) is 3.13. The van der Waals surface area contributed by atoms with Crippen LogP contribution in [0.5, 0.6) is 0 Å². The maximum atomic E-state index is 10.0. The van der Waals surface area contributed by atoms with Crippen molar-refractivity contribution in [3.8, 4) is 5.69 Å². The van der Waals surface area contributed by atoms with E-state index in [0.29, 0.717) is 0 Å². The van der Waals surface area contributed by atoms with E-state index in [9.17, 15) is 4.79 Å². The van der Waals surface area contributed by atoms with Gasteiger partial charge >= 0.3 is 0 Å². The van der Waals surface area contributed by atoms with E-state index in [4.69, 9.17) is 14.5 Å². The van der Waals surface area contributed by atoms with Crippen LogP contribution in [0, 0.1) is 6.07 Å². The fourth-order valence-electron chi connectivity index (χ4n) is 4.20. The van der Waals surface area contributed by atoms with Gasteiger partial charge < -0.3 is 19.1 Å². The minimum Gasteiger partial charge on any atom is -0.512 e. The molecule has 0 aliphatic rings. The van der Waals surface area contributed by atoms with Crippen molar-refractivity contribution in [2.75, 3.05) is 0 Å². The van der Waals surface area contributed by atoms with Crippen LogP contribution in [0.4, 0.5) is 0 Å². The van der Waals surface area contributed by atoms with Crippen LogP contribution in [0.15, 0.2) is 95.2 Å². The number of allylic oxidation sites excluding steroid dienone is 2. The molecule has 0 atom stereocenters. The molecule has 1 radical (unpaired) electrons. The van der Waals surface area contributed by atoms with Crippen LogP contribution in [-0.4, -0.2) is 20.4 Å². The third kappa shape index (κ3) is 4.14. The summed E-state index contributed by atoms with van der Waals surface area (Å²) in [7, 11) is 0. The molecular weight excluding hydrogens is 605 g/mol. The molecule has 5 nitrogen and oxygen atoms in total. The van der Waals surface area contributed by atoms with Crippen molar-refractivity contribution >= 4 is 49.7 Å². The Labute approximate surface area is 209 Å². The number of aliphatic hydroxyl groups excluding tert-OH is 1. The number of aliphatic hydroxyl groups is 1. The first-order valence-corrected chi connectivity index (χ1v) is 10.6. The van der Waals surface area contributed by atoms with Gasteiger partial charge in [-0.2, -0.15) is 0 Å². The second kappa shape index (κ2) is 9.64. The predicted octanol–water partition coefficient (Wildman–Crippen LogP) is 6.91. The van der Waals surface area contributed by atoms with Gasteiger partial charge in [-0.15, -0.1) is 29.7 Å². The molecule has 6 rings (SSSR count). The van der Waals surface area contributed by atoms with Gasteiger partial charge in [-0.25, -0.2) is 0 Å². The summed E-state index contributed by atoms with van der Waals surface area (Å²) in [5, 5.41) is 11.5. The van der Waals surface area contributed by atoms with Gasteiger partial charge in [-0.1, -0.05) is 24.3 Å². The second-order valence-corrected chi connectivity index (χ2v) is 7.78. The van der Waals surface area contributed by atoms with Crippen molar-refractivity contribution in [3.63, 3.8) is 0 Å². The first-order chi connectivity index (χ1) is 16.0. The van der Waals surface area contributed by atoms with Crippen molar-refractivity contribution < 1.29 is 34.4 Å². The van der Waals surface area contributed by atoms with Crippen LogP contribution in [0.3, 0.4) is 0 Å². The summed E-state index contributed by atoms with van der Waals surface area (Å²) >= 11 is 0. The normalized spacial score (nSPS) is 11.4. The zero-order chi connectivity index (χ0) is 22.9. The predicted molar refractivity (Wildman–Crippen MR) is 132 cm³/mol. The van der Waals surface area contributed by atoms with Crippen LogP contribution >= 0.6 is 0 Å². The number of ketones is 1. The van der Waals surface area contributed by atoms with Gasteiger partial charge in [-0.05, 0) is 49.7 Å². The van der Waals surface area contributed by atoms with E-state index in [2.05, 4.69) is 47.0 Å². The molecule has 3 aromatic carbocycles. The number of carbonyl (C=O) groups is 1. The molecule has 0 spiro atoms. The van der Waals surface area contributed by atoms with E-state index >= 15 is 0 Å². The molecule has 34 heavy (non-hydrogen) atoms. The number of furan rings is 1. The molecule has 0 fully saturated rings. The molecule has 1 N–H and O–H groups in total. The SMILES string of the molecule is CC(=O)/C=C(/C)O.[Ir].[c-]1cccc2c1c1nccc3oc4cccc(c4c31)n2-c1ccccc1. The maximum absolute atomic E-state index is 10.0. The average molecular weight is 626 g/mol. The van der Waals surface area contributed by atoms with Gasteiger partial charge in [0, 0.05) is 59.9 Å². The van der Waals surface area contributed by atoms with E-state index in [-0.39, 0.29) is 31.6 Å². The van der Waals surface area contributed by atoms with E-state index in [1.54, 1.807) is 0 Å². The van der Waals surface area contributed by atoms with Crippen molar-refractivity contribution in [3.05, 3.63) is 96.9 Å². The van der Waals surface area contributed by atoms with Crippen LogP contribution in [0.1, 0.15) is 13.8 Å². The number of aromatic nitrogens is 2. The molecule has 0 aliphatic heterocycles. The maximum Gasteiger partial charge on any atom is 0.155 e. The Morgan fingerprint density at radius 3 is 2.38 bits per heavy atom. The van der Waals surface area contributed by atoms with Gasteiger partial charge in [0.25, 0.3) is 0 Å². The number of nitrogens with zero attached hydrogens (tertiary/aromatic N) is 2. The molecule has 6 aromatic rings. The van der Waals surface area contributed by atoms with Crippen LogP contribution in [0.2, 0.25) is 0 Å². The summed E-state index contributed by atoms with van der Waals surface area (Å²) in [5.41, 5.74) is 5.92. The van der Waals surface area contributed by atoms with Gasteiger partial charge in [0.05, 0.1) is 5.76 Å². The van der Waals surface area contributed by atoms with Crippen molar-refractivity contribution in [2.45, 2.75) is 13.8 Å². The molecule has 3 aromatic heterocycles. The monoisotopic (exact) mass is 626 g/mol. The zero-order valence-corrected chi connectivity index (χ0v) is 21.0. The van der Waals surface area contributed by atoms with Gasteiger partial charge in [0.1, 0.15) is 11.2 Å². The summed E-state index contributed by atoms with van der Waals surface area (Å²) < 4.78 is 8.40. The number of hydrogen-bond acceptors (Lipinski definition) is 4. The first kappa shape index (κ1) is 23.4. The largest absolute Gasteiger partial charge is 0.512 e. The smallest absolute Gasteiger partial charge is 0.155 e. The molecular formula is C28H21IrN2O3-. The minimum atomic E-state index is -0.125. The van der Waals surface area contributed by atoms with Gasteiger partial charge in [-0.3, -0.25) is 4.79 Å². The van der Waals surface area contributed by atoms with Gasteiger partial charge in [0.15, 0.2) is 5.78 Å². The number of fused-ring (bicyclic) bond motifs is 2. The topological polar surface area (TPSA) is 68.3 Å².